The van der Waals surface area contributed by atoms with E-state index in [9.17, 15) is 29.1 Å². The summed E-state index contributed by atoms with van der Waals surface area (Å²) in [6.45, 7) is 1.17. The van der Waals surface area contributed by atoms with Crippen LogP contribution >= 0.6 is 0 Å². The van der Waals surface area contributed by atoms with Gasteiger partial charge in [-0.25, -0.2) is 0 Å². The minimum Gasteiger partial charge on any atom is -0.481 e. The van der Waals surface area contributed by atoms with Gasteiger partial charge >= 0.3 is 11.9 Å². The zero-order chi connectivity index (χ0) is 19.7. The van der Waals surface area contributed by atoms with E-state index >= 15 is 0 Å². The van der Waals surface area contributed by atoms with Crippen molar-refractivity contribution in [2.45, 2.75) is 50.4 Å². The molecule has 12 nitrogen and oxygen atoms in total. The highest BCUT2D eigenvalue weighted by Crippen LogP contribution is 2.01. The van der Waals surface area contributed by atoms with E-state index in [1.165, 1.54) is 6.92 Å². The Kier molecular flexibility index (Phi) is 9.09. The Bertz CT molecular complexity index is 536. The van der Waals surface area contributed by atoms with Crippen LogP contribution in [0.5, 0.6) is 0 Å². The number of aliphatic carboxylic acids is 2. The van der Waals surface area contributed by atoms with Gasteiger partial charge in [0.25, 0.3) is 0 Å². The number of carbonyl (C=O) groups excluding carboxylic acids is 3. The summed E-state index contributed by atoms with van der Waals surface area (Å²) < 4.78 is 0. The van der Waals surface area contributed by atoms with E-state index in [1.807, 2.05) is 5.32 Å². The van der Waals surface area contributed by atoms with Gasteiger partial charge in [0.1, 0.15) is 12.1 Å². The average Bonchev–Trinajstić information content (AvgIpc) is 2.47. The lowest BCUT2D eigenvalue weighted by Gasteiger charge is -2.24. The molecule has 0 rings (SSSR count). The summed E-state index contributed by atoms with van der Waals surface area (Å²) in [7, 11) is 0. The van der Waals surface area contributed by atoms with Crippen LogP contribution in [0.2, 0.25) is 0 Å². The second-order valence-corrected chi connectivity index (χ2v) is 5.33. The number of carboxylic acids is 2. The van der Waals surface area contributed by atoms with Crippen LogP contribution in [0, 0.1) is 0 Å². The molecule has 0 fully saturated rings. The quantitative estimate of drug-likeness (QED) is 0.193. The first kappa shape index (κ1) is 22.3. The monoisotopic (exact) mass is 362 g/mol. The maximum Gasteiger partial charge on any atom is 0.305 e. The number of aliphatic hydroxyl groups excluding tert-OH is 1. The van der Waals surface area contributed by atoms with Crippen LogP contribution in [0.1, 0.15) is 26.2 Å². The van der Waals surface area contributed by atoms with Crippen molar-refractivity contribution in [3.8, 4) is 0 Å². The first-order valence-corrected chi connectivity index (χ1v) is 7.23. The van der Waals surface area contributed by atoms with E-state index in [0.717, 1.165) is 0 Å². The standard InChI is InChI=1S/C13H22N4O8/c1-5(18)10(17-12(24)6(14)2-3-8(19)20)13(25)16-7(11(15)23)4-9(21)22/h5-7,10,18H,2-4,14H2,1H3,(H2,15,23)(H,16,25)(H,17,24)(H,19,20)(H,21,22)/t5-,6+,7+,10+/m1/s1. The summed E-state index contributed by atoms with van der Waals surface area (Å²) in [4.78, 5) is 56.2. The van der Waals surface area contributed by atoms with Crippen LogP contribution in [-0.2, 0) is 24.0 Å². The summed E-state index contributed by atoms with van der Waals surface area (Å²) in [5.74, 6) is -5.59. The molecule has 0 aromatic heterocycles. The van der Waals surface area contributed by atoms with Gasteiger partial charge < -0.3 is 37.4 Å². The van der Waals surface area contributed by atoms with Gasteiger partial charge in [-0.1, -0.05) is 0 Å². The van der Waals surface area contributed by atoms with E-state index < -0.39 is 60.3 Å². The Morgan fingerprint density at radius 3 is 1.96 bits per heavy atom. The summed E-state index contributed by atoms with van der Waals surface area (Å²) in [6.07, 6.45) is -2.76. The molecule has 12 heteroatoms. The molecule has 0 radical (unpaired) electrons. The van der Waals surface area contributed by atoms with Gasteiger partial charge in [0.15, 0.2) is 0 Å². The number of carboxylic acid groups (broad SMARTS) is 2. The number of carbonyl (C=O) groups is 5. The Morgan fingerprint density at radius 2 is 1.56 bits per heavy atom. The maximum absolute atomic E-state index is 12.1. The van der Waals surface area contributed by atoms with Gasteiger partial charge in [-0.05, 0) is 13.3 Å². The van der Waals surface area contributed by atoms with E-state index in [4.69, 9.17) is 21.7 Å². The van der Waals surface area contributed by atoms with Crippen molar-refractivity contribution < 1.29 is 39.3 Å². The van der Waals surface area contributed by atoms with Gasteiger partial charge in [-0.3, -0.25) is 24.0 Å². The van der Waals surface area contributed by atoms with Crippen molar-refractivity contribution in [1.82, 2.24) is 10.6 Å². The smallest absolute Gasteiger partial charge is 0.305 e. The summed E-state index contributed by atoms with van der Waals surface area (Å²) in [5, 5.41) is 31.0. The minimum absolute atomic E-state index is 0.196. The van der Waals surface area contributed by atoms with Crippen LogP contribution in [0.4, 0.5) is 0 Å². The molecule has 0 aliphatic rings. The van der Waals surface area contributed by atoms with Gasteiger partial charge in [-0.2, -0.15) is 0 Å². The third kappa shape index (κ3) is 8.62. The topological polar surface area (TPSA) is 222 Å². The van der Waals surface area contributed by atoms with E-state index in [0.29, 0.717) is 0 Å². The van der Waals surface area contributed by atoms with E-state index in [1.54, 1.807) is 0 Å². The predicted octanol–water partition coefficient (Wildman–Crippen LogP) is -3.51. The van der Waals surface area contributed by atoms with Crippen LogP contribution in [0.25, 0.3) is 0 Å². The van der Waals surface area contributed by atoms with Crippen LogP contribution in [0.15, 0.2) is 0 Å². The predicted molar refractivity (Wildman–Crippen MR) is 81.8 cm³/mol. The number of aliphatic hydroxyl groups is 1. The van der Waals surface area contributed by atoms with Gasteiger partial charge in [0.2, 0.25) is 17.7 Å². The second kappa shape index (κ2) is 10.2. The summed E-state index contributed by atoms with van der Waals surface area (Å²) in [6, 6.07) is -4.32. The number of rotatable bonds is 11. The maximum atomic E-state index is 12.1. The highest BCUT2D eigenvalue weighted by molar-refractivity contribution is 5.94. The molecule has 0 aliphatic carbocycles. The largest absolute Gasteiger partial charge is 0.481 e. The lowest BCUT2D eigenvalue weighted by molar-refractivity contribution is -0.141. The van der Waals surface area contributed by atoms with Gasteiger partial charge in [-0.15, -0.1) is 0 Å². The number of hydrogen-bond acceptors (Lipinski definition) is 7. The van der Waals surface area contributed by atoms with Crippen molar-refractivity contribution in [2.24, 2.45) is 11.5 Å². The molecule has 0 unspecified atom stereocenters. The molecule has 9 N–H and O–H groups in total. The molecular weight excluding hydrogens is 340 g/mol. The average molecular weight is 362 g/mol. The third-order valence-electron chi connectivity index (χ3n) is 3.11. The zero-order valence-corrected chi connectivity index (χ0v) is 13.5. The van der Waals surface area contributed by atoms with Gasteiger partial charge in [0.05, 0.1) is 18.6 Å². The first-order valence-electron chi connectivity index (χ1n) is 7.23. The molecule has 3 amide bonds. The van der Waals surface area contributed by atoms with Crippen LogP contribution in [0.3, 0.4) is 0 Å². The molecular formula is C13H22N4O8. The SMILES string of the molecule is C[C@@H](O)[C@H](NC(=O)[C@@H](N)CCC(=O)O)C(=O)N[C@@H](CC(=O)O)C(N)=O. The van der Waals surface area contributed by atoms with E-state index in [-0.39, 0.29) is 12.8 Å². The molecule has 0 aliphatic heterocycles. The van der Waals surface area contributed by atoms with Crippen LogP contribution < -0.4 is 22.1 Å². The highest BCUT2D eigenvalue weighted by atomic mass is 16.4. The number of nitrogens with two attached hydrogens (primary N) is 2. The molecule has 25 heavy (non-hydrogen) atoms. The Labute approximate surface area is 142 Å². The summed E-state index contributed by atoms with van der Waals surface area (Å²) >= 11 is 0. The summed E-state index contributed by atoms with van der Waals surface area (Å²) in [5.41, 5.74) is 10.5. The zero-order valence-electron chi connectivity index (χ0n) is 13.5. The second-order valence-electron chi connectivity index (χ2n) is 5.33. The first-order chi connectivity index (χ1) is 11.5. The van der Waals surface area contributed by atoms with E-state index in [2.05, 4.69) is 5.32 Å². The fourth-order valence-corrected chi connectivity index (χ4v) is 1.73. The molecule has 4 atom stereocenters. The number of primary amides is 1. The Hall–Kier alpha value is -2.73. The van der Waals surface area contributed by atoms with Crippen molar-refractivity contribution in [3.63, 3.8) is 0 Å². The number of amides is 3. The van der Waals surface area contributed by atoms with Crippen molar-refractivity contribution >= 4 is 29.7 Å². The Balaban J connectivity index is 4.94. The van der Waals surface area contributed by atoms with Crippen molar-refractivity contribution in [1.29, 1.82) is 0 Å². The number of hydrogen-bond donors (Lipinski definition) is 7. The molecule has 0 aromatic carbocycles. The molecule has 0 heterocycles. The molecule has 0 spiro atoms. The molecule has 142 valence electrons. The lowest BCUT2D eigenvalue weighted by Crippen LogP contribution is -2.59. The minimum atomic E-state index is -1.54. The van der Waals surface area contributed by atoms with Gasteiger partial charge in [0, 0.05) is 6.42 Å². The molecule has 0 saturated heterocycles. The Morgan fingerprint density at radius 1 is 1.00 bits per heavy atom. The van der Waals surface area contributed by atoms with Crippen LogP contribution in [-0.4, -0.2) is 69.2 Å². The normalized spacial score (nSPS) is 15.3. The molecule has 0 aromatic rings. The van der Waals surface area contributed by atoms with Crippen molar-refractivity contribution in [2.75, 3.05) is 0 Å². The molecule has 0 bridgehead atoms. The highest BCUT2D eigenvalue weighted by Gasteiger charge is 2.31. The third-order valence-corrected chi connectivity index (χ3v) is 3.11. The lowest BCUT2D eigenvalue weighted by atomic mass is 10.1. The number of nitrogens with one attached hydrogen (secondary N) is 2. The fourth-order valence-electron chi connectivity index (χ4n) is 1.73. The van der Waals surface area contributed by atoms with Crippen molar-refractivity contribution in [3.05, 3.63) is 0 Å². The fraction of sp³-hybridized carbons (Fsp3) is 0.615. The molecule has 0 saturated carbocycles.